The van der Waals surface area contributed by atoms with Gasteiger partial charge in [-0.2, -0.15) is 0 Å². The predicted molar refractivity (Wildman–Crippen MR) is 88.5 cm³/mol. The summed E-state index contributed by atoms with van der Waals surface area (Å²) in [6, 6.07) is 7.50. The van der Waals surface area contributed by atoms with Crippen LogP contribution in [0, 0.1) is 5.82 Å². The van der Waals surface area contributed by atoms with Crippen LogP contribution in [0.15, 0.2) is 39.6 Å². The van der Waals surface area contributed by atoms with Crippen LogP contribution >= 0.6 is 23.1 Å². The van der Waals surface area contributed by atoms with Crippen molar-refractivity contribution in [2.45, 2.75) is 46.5 Å². The van der Waals surface area contributed by atoms with Gasteiger partial charge in [-0.3, -0.25) is 4.79 Å². The van der Waals surface area contributed by atoms with Crippen LogP contribution in [-0.2, 0) is 0 Å². The minimum atomic E-state index is -0.252. The first kappa shape index (κ1) is 15.1. The van der Waals surface area contributed by atoms with Gasteiger partial charge in [0.05, 0.1) is 10.4 Å². The predicted octanol–water partition coefficient (Wildman–Crippen LogP) is 3.06. The van der Waals surface area contributed by atoms with Crippen molar-refractivity contribution in [2.75, 3.05) is 0 Å². The molecular weight excluding hydrogens is 333 g/mol. The summed E-state index contributed by atoms with van der Waals surface area (Å²) in [6.45, 7) is 0. The van der Waals surface area contributed by atoms with E-state index in [1.54, 1.807) is 18.3 Å². The van der Waals surface area contributed by atoms with Crippen LogP contribution in [0.4, 0.5) is 4.39 Å². The van der Waals surface area contributed by atoms with Gasteiger partial charge in [0.15, 0.2) is 5.01 Å². The first-order valence-corrected chi connectivity index (χ1v) is 9.27. The highest BCUT2D eigenvalue weighted by molar-refractivity contribution is 8.01. The number of hydrogen-bond donors (Lipinski definition) is 2. The highest BCUT2D eigenvalue weighted by Gasteiger charge is 2.39. The van der Waals surface area contributed by atoms with Crippen LogP contribution < -0.4 is 10.6 Å². The number of halogens is 1. The maximum Gasteiger partial charge on any atom is 0.280 e. The van der Waals surface area contributed by atoms with Gasteiger partial charge in [0.25, 0.3) is 5.91 Å². The lowest BCUT2D eigenvalue weighted by Gasteiger charge is -2.20. The summed E-state index contributed by atoms with van der Waals surface area (Å²) in [7, 11) is 0. The van der Waals surface area contributed by atoms with Gasteiger partial charge in [-0.25, -0.2) is 9.37 Å². The lowest BCUT2D eigenvalue weighted by molar-refractivity contribution is 0.0930. The molecule has 1 amide bonds. The monoisotopic (exact) mass is 349 g/mol. The molecule has 3 heterocycles. The number of carbonyl (C=O) groups excluding carboxylic acids is 1. The zero-order valence-corrected chi connectivity index (χ0v) is 13.9. The normalized spacial score (nSPS) is 25.7. The van der Waals surface area contributed by atoms with Crippen LogP contribution in [0.1, 0.15) is 29.1 Å². The number of nitrogens with zero attached hydrogens (tertiary/aromatic N) is 1. The largest absolute Gasteiger partial charge is 0.346 e. The number of amides is 1. The zero-order chi connectivity index (χ0) is 15.8. The summed E-state index contributed by atoms with van der Waals surface area (Å²) in [5.74, 6) is -0.349. The third-order valence-electron chi connectivity index (χ3n) is 4.33. The molecule has 2 aromatic rings. The van der Waals surface area contributed by atoms with Gasteiger partial charge in [-0.15, -0.1) is 11.3 Å². The van der Waals surface area contributed by atoms with Crippen LogP contribution in [0.3, 0.4) is 0 Å². The molecule has 1 aromatic carbocycles. The van der Waals surface area contributed by atoms with E-state index >= 15 is 0 Å². The molecule has 2 aliphatic rings. The Morgan fingerprint density at radius 3 is 2.87 bits per heavy atom. The minimum Gasteiger partial charge on any atom is -0.346 e. The Kier molecular flexibility index (Phi) is 4.09. The molecule has 2 bridgehead atoms. The molecule has 2 aliphatic heterocycles. The standard InChI is InChI=1S/C16H16FN3OS2/c17-9-1-4-11(5-2-9)22-14-8-18-16(23-14)15(21)20-13-7-10-3-6-12(13)19-10/h1-2,4-5,8,10,12-13,19H,3,6-7H2,(H,20,21)/t10-,12+,13-/m1/s1. The molecule has 0 unspecified atom stereocenters. The Morgan fingerprint density at radius 2 is 2.17 bits per heavy atom. The molecule has 0 aliphatic carbocycles. The Hall–Kier alpha value is -1.44. The van der Waals surface area contributed by atoms with E-state index in [4.69, 9.17) is 0 Å². The van der Waals surface area contributed by atoms with Crippen molar-refractivity contribution in [1.29, 1.82) is 0 Å². The SMILES string of the molecule is O=C(N[C@@H]1C[C@H]2CC[C@@H]1N2)c1ncc(Sc2ccc(F)cc2)s1. The van der Waals surface area contributed by atoms with Gasteiger partial charge >= 0.3 is 0 Å². The first-order valence-electron chi connectivity index (χ1n) is 7.63. The lowest BCUT2D eigenvalue weighted by atomic mass is 9.95. The molecular formula is C16H16FN3OS2. The van der Waals surface area contributed by atoms with Crippen molar-refractivity contribution in [2.24, 2.45) is 0 Å². The summed E-state index contributed by atoms with van der Waals surface area (Å²) < 4.78 is 13.8. The quantitative estimate of drug-likeness (QED) is 0.891. The van der Waals surface area contributed by atoms with Gasteiger partial charge in [0, 0.05) is 23.0 Å². The Labute approximate surface area is 141 Å². The molecule has 4 rings (SSSR count). The van der Waals surface area contributed by atoms with Crippen LogP contribution in [0.25, 0.3) is 0 Å². The number of aromatic nitrogens is 1. The van der Waals surface area contributed by atoms with E-state index < -0.39 is 0 Å². The maximum absolute atomic E-state index is 12.9. The maximum atomic E-state index is 12.9. The highest BCUT2D eigenvalue weighted by Crippen LogP contribution is 2.33. The van der Waals surface area contributed by atoms with E-state index in [0.29, 0.717) is 17.1 Å². The fourth-order valence-corrected chi connectivity index (χ4v) is 5.10. The number of hydrogen-bond acceptors (Lipinski definition) is 5. The van der Waals surface area contributed by atoms with E-state index in [-0.39, 0.29) is 17.8 Å². The van der Waals surface area contributed by atoms with Crippen molar-refractivity contribution in [3.05, 3.63) is 41.3 Å². The minimum absolute atomic E-state index is 0.0969. The first-order chi connectivity index (χ1) is 11.2. The topological polar surface area (TPSA) is 54.0 Å². The number of benzene rings is 1. The van der Waals surface area contributed by atoms with E-state index in [1.807, 2.05) is 0 Å². The molecule has 2 N–H and O–H groups in total. The summed E-state index contributed by atoms with van der Waals surface area (Å²) in [6.07, 6.45) is 5.07. The molecule has 23 heavy (non-hydrogen) atoms. The molecule has 0 radical (unpaired) electrons. The number of carbonyl (C=O) groups is 1. The number of nitrogens with one attached hydrogen (secondary N) is 2. The number of fused-ring (bicyclic) bond motifs is 2. The second kappa shape index (κ2) is 6.22. The molecule has 2 fully saturated rings. The molecule has 1 aromatic heterocycles. The second-order valence-corrected chi connectivity index (χ2v) is 8.31. The smallest absolute Gasteiger partial charge is 0.280 e. The van der Waals surface area contributed by atoms with E-state index in [0.717, 1.165) is 21.9 Å². The number of thiazole rings is 1. The van der Waals surface area contributed by atoms with Crippen LogP contribution in [0.2, 0.25) is 0 Å². The molecule has 2 saturated heterocycles. The molecule has 120 valence electrons. The van der Waals surface area contributed by atoms with Crippen molar-refractivity contribution >= 4 is 29.0 Å². The van der Waals surface area contributed by atoms with E-state index in [1.165, 1.54) is 41.7 Å². The van der Waals surface area contributed by atoms with Gasteiger partial charge in [-0.05, 0) is 43.5 Å². The summed E-state index contributed by atoms with van der Waals surface area (Å²) in [5.41, 5.74) is 0. The van der Waals surface area contributed by atoms with Crippen LogP contribution in [0.5, 0.6) is 0 Å². The number of rotatable bonds is 4. The lowest BCUT2D eigenvalue weighted by Crippen LogP contribution is -2.42. The Balaban J connectivity index is 1.39. The Morgan fingerprint density at radius 1 is 1.35 bits per heavy atom. The van der Waals surface area contributed by atoms with Gasteiger partial charge in [0.2, 0.25) is 0 Å². The molecule has 4 nitrogen and oxygen atoms in total. The van der Waals surface area contributed by atoms with Crippen molar-refractivity contribution in [3.8, 4) is 0 Å². The van der Waals surface area contributed by atoms with E-state index in [2.05, 4.69) is 15.6 Å². The van der Waals surface area contributed by atoms with Gasteiger partial charge in [-0.1, -0.05) is 11.8 Å². The summed E-state index contributed by atoms with van der Waals surface area (Å²) in [4.78, 5) is 17.5. The van der Waals surface area contributed by atoms with E-state index in [9.17, 15) is 9.18 Å². The molecule has 0 saturated carbocycles. The Bertz CT molecular complexity index is 718. The molecule has 7 heteroatoms. The molecule has 0 spiro atoms. The van der Waals surface area contributed by atoms with Gasteiger partial charge < -0.3 is 10.6 Å². The third kappa shape index (κ3) is 3.27. The van der Waals surface area contributed by atoms with Crippen molar-refractivity contribution in [3.63, 3.8) is 0 Å². The summed E-state index contributed by atoms with van der Waals surface area (Å²) >= 11 is 2.86. The average molecular weight is 349 g/mol. The van der Waals surface area contributed by atoms with Gasteiger partial charge in [0.1, 0.15) is 5.82 Å². The third-order valence-corrected chi connectivity index (χ3v) is 6.43. The van der Waals surface area contributed by atoms with Crippen LogP contribution in [-0.4, -0.2) is 29.0 Å². The van der Waals surface area contributed by atoms with Crippen molar-refractivity contribution < 1.29 is 9.18 Å². The molecule has 3 atom stereocenters. The average Bonchev–Trinajstić information content (AvgIpc) is 3.26. The summed E-state index contributed by atoms with van der Waals surface area (Å²) in [5, 5.41) is 7.09. The fraction of sp³-hybridized carbons (Fsp3) is 0.375. The highest BCUT2D eigenvalue weighted by atomic mass is 32.2. The second-order valence-electron chi connectivity index (χ2n) is 5.90. The fourth-order valence-electron chi connectivity index (χ4n) is 3.24. The van der Waals surface area contributed by atoms with Crippen molar-refractivity contribution in [1.82, 2.24) is 15.6 Å². The zero-order valence-electron chi connectivity index (χ0n) is 12.3.